The molecule has 1 fully saturated rings. The van der Waals surface area contributed by atoms with E-state index >= 15 is 0 Å². The minimum absolute atomic E-state index is 0.118. The standard InChI is InChI=1S/C17H34BrNO3Si/c1-16(2,3)21-15(20)19-12-14(11-13(19)9-10-18)22-23(7,8)17(4,5)6/h13-14H,9-12H2,1-8H3. The number of hydrogen-bond donors (Lipinski definition) is 0. The lowest BCUT2D eigenvalue weighted by atomic mass is 10.1. The minimum Gasteiger partial charge on any atom is -0.444 e. The van der Waals surface area contributed by atoms with Gasteiger partial charge in [-0.2, -0.15) is 0 Å². The lowest BCUT2D eigenvalue weighted by molar-refractivity contribution is 0.0209. The van der Waals surface area contributed by atoms with Crippen molar-refractivity contribution in [1.82, 2.24) is 4.90 Å². The van der Waals surface area contributed by atoms with E-state index in [2.05, 4.69) is 49.8 Å². The minimum atomic E-state index is -1.82. The molecule has 2 unspecified atom stereocenters. The van der Waals surface area contributed by atoms with Crippen molar-refractivity contribution in [1.29, 1.82) is 0 Å². The van der Waals surface area contributed by atoms with Crippen molar-refractivity contribution in [3.05, 3.63) is 0 Å². The number of hydrogen-bond acceptors (Lipinski definition) is 3. The molecule has 136 valence electrons. The van der Waals surface area contributed by atoms with Crippen LogP contribution in [0.4, 0.5) is 4.79 Å². The van der Waals surface area contributed by atoms with Crippen LogP contribution in [0.5, 0.6) is 0 Å². The SMILES string of the molecule is CC(C)(C)OC(=O)N1CC(O[Si](C)(C)C(C)(C)C)CC1CCBr. The quantitative estimate of drug-likeness (QED) is 0.476. The van der Waals surface area contributed by atoms with Gasteiger partial charge in [0.1, 0.15) is 5.60 Å². The van der Waals surface area contributed by atoms with E-state index in [1.54, 1.807) is 0 Å². The van der Waals surface area contributed by atoms with E-state index in [1.807, 2.05) is 25.7 Å². The zero-order valence-electron chi connectivity index (χ0n) is 16.0. The van der Waals surface area contributed by atoms with Gasteiger partial charge in [0.05, 0.1) is 6.10 Å². The zero-order chi connectivity index (χ0) is 18.1. The third-order valence-corrected chi connectivity index (χ3v) is 9.71. The molecule has 0 N–H and O–H groups in total. The average molecular weight is 408 g/mol. The second-order valence-electron chi connectivity index (χ2n) is 9.00. The fraction of sp³-hybridized carbons (Fsp3) is 0.941. The summed E-state index contributed by atoms with van der Waals surface area (Å²) in [5.41, 5.74) is -0.464. The van der Waals surface area contributed by atoms with Crippen molar-refractivity contribution in [3.63, 3.8) is 0 Å². The molecule has 0 radical (unpaired) electrons. The lowest BCUT2D eigenvalue weighted by Crippen LogP contribution is -2.45. The lowest BCUT2D eigenvalue weighted by Gasteiger charge is -2.38. The molecule has 0 aromatic carbocycles. The predicted octanol–water partition coefficient (Wildman–Crippen LogP) is 5.17. The molecule has 1 amide bonds. The number of amides is 1. The third-order valence-electron chi connectivity index (χ3n) is 4.71. The van der Waals surface area contributed by atoms with Gasteiger partial charge in [-0.25, -0.2) is 4.79 Å². The van der Waals surface area contributed by atoms with E-state index in [0.29, 0.717) is 6.54 Å². The highest BCUT2D eigenvalue weighted by Gasteiger charge is 2.44. The average Bonchev–Trinajstić information content (AvgIpc) is 2.68. The Kier molecular flexibility index (Phi) is 6.78. The maximum absolute atomic E-state index is 12.5. The topological polar surface area (TPSA) is 38.8 Å². The third kappa shape index (κ3) is 6.05. The number of ether oxygens (including phenoxy) is 1. The monoisotopic (exact) mass is 407 g/mol. The number of likely N-dealkylation sites (tertiary alicyclic amines) is 1. The summed E-state index contributed by atoms with van der Waals surface area (Å²) in [5.74, 6) is 0. The smallest absolute Gasteiger partial charge is 0.410 e. The molecular formula is C17H34BrNO3Si. The maximum Gasteiger partial charge on any atom is 0.410 e. The molecule has 2 atom stereocenters. The Morgan fingerprint density at radius 2 is 1.78 bits per heavy atom. The van der Waals surface area contributed by atoms with Crippen LogP contribution >= 0.6 is 15.9 Å². The van der Waals surface area contributed by atoms with Crippen molar-refractivity contribution in [2.45, 2.75) is 90.3 Å². The van der Waals surface area contributed by atoms with Gasteiger partial charge in [-0.05, 0) is 51.7 Å². The van der Waals surface area contributed by atoms with Crippen LogP contribution in [-0.2, 0) is 9.16 Å². The molecular weight excluding hydrogens is 374 g/mol. The first-order valence-electron chi connectivity index (χ1n) is 8.50. The van der Waals surface area contributed by atoms with Crippen LogP contribution in [-0.4, -0.2) is 48.9 Å². The number of halogens is 1. The van der Waals surface area contributed by atoms with Crippen LogP contribution in [0.25, 0.3) is 0 Å². The van der Waals surface area contributed by atoms with Crippen LogP contribution < -0.4 is 0 Å². The van der Waals surface area contributed by atoms with Gasteiger partial charge < -0.3 is 14.1 Å². The van der Waals surface area contributed by atoms with Gasteiger partial charge in [-0.3, -0.25) is 0 Å². The van der Waals surface area contributed by atoms with Crippen molar-refractivity contribution in [2.24, 2.45) is 0 Å². The van der Waals surface area contributed by atoms with Crippen LogP contribution in [0.15, 0.2) is 0 Å². The molecule has 1 rings (SSSR count). The fourth-order valence-electron chi connectivity index (χ4n) is 2.50. The molecule has 1 saturated heterocycles. The molecule has 6 heteroatoms. The molecule has 4 nitrogen and oxygen atoms in total. The van der Waals surface area contributed by atoms with Crippen LogP contribution in [0, 0.1) is 0 Å². The van der Waals surface area contributed by atoms with Crippen LogP contribution in [0.1, 0.15) is 54.4 Å². The summed E-state index contributed by atoms with van der Waals surface area (Å²) in [7, 11) is -1.82. The first-order valence-corrected chi connectivity index (χ1v) is 12.5. The summed E-state index contributed by atoms with van der Waals surface area (Å²) in [4.78, 5) is 14.4. The normalized spacial score (nSPS) is 23.3. The number of nitrogens with zero attached hydrogens (tertiary/aromatic N) is 1. The van der Waals surface area contributed by atoms with Gasteiger partial charge in [0, 0.05) is 17.9 Å². The van der Waals surface area contributed by atoms with E-state index in [-0.39, 0.29) is 23.3 Å². The Labute approximate surface area is 151 Å². The summed E-state index contributed by atoms with van der Waals surface area (Å²) >= 11 is 3.50. The van der Waals surface area contributed by atoms with E-state index in [4.69, 9.17) is 9.16 Å². The summed E-state index contributed by atoms with van der Waals surface area (Å²) in [5, 5.41) is 1.06. The zero-order valence-corrected chi connectivity index (χ0v) is 18.6. The predicted molar refractivity (Wildman–Crippen MR) is 102 cm³/mol. The van der Waals surface area contributed by atoms with Gasteiger partial charge in [0.15, 0.2) is 8.32 Å². The van der Waals surface area contributed by atoms with Crippen molar-refractivity contribution in [2.75, 3.05) is 11.9 Å². The Bertz CT molecular complexity index is 415. The van der Waals surface area contributed by atoms with Crippen molar-refractivity contribution in [3.8, 4) is 0 Å². The Morgan fingerprint density at radius 1 is 1.22 bits per heavy atom. The first-order chi connectivity index (χ1) is 10.3. The Hall–Kier alpha value is -0.0731. The molecule has 0 spiro atoms. The summed E-state index contributed by atoms with van der Waals surface area (Å²) in [6, 6.07) is 0.194. The number of rotatable bonds is 4. The van der Waals surface area contributed by atoms with E-state index < -0.39 is 13.9 Å². The highest BCUT2D eigenvalue weighted by Crippen LogP contribution is 2.39. The largest absolute Gasteiger partial charge is 0.444 e. The molecule has 0 aliphatic carbocycles. The van der Waals surface area contributed by atoms with E-state index in [9.17, 15) is 4.79 Å². The van der Waals surface area contributed by atoms with Crippen molar-refractivity contribution < 1.29 is 14.0 Å². The molecule has 23 heavy (non-hydrogen) atoms. The van der Waals surface area contributed by atoms with Crippen LogP contribution in [0.3, 0.4) is 0 Å². The Balaban J connectivity index is 2.80. The summed E-state index contributed by atoms with van der Waals surface area (Å²) < 4.78 is 12.1. The van der Waals surface area contributed by atoms with Gasteiger partial charge >= 0.3 is 6.09 Å². The molecule has 0 aromatic rings. The van der Waals surface area contributed by atoms with Crippen molar-refractivity contribution >= 4 is 30.3 Å². The van der Waals surface area contributed by atoms with Gasteiger partial charge in [0.25, 0.3) is 0 Å². The molecule has 0 aromatic heterocycles. The molecule has 1 aliphatic heterocycles. The summed E-state index contributed by atoms with van der Waals surface area (Å²) in [6.45, 7) is 17.6. The first kappa shape index (κ1) is 21.0. The molecule has 0 bridgehead atoms. The second-order valence-corrected chi connectivity index (χ2v) is 14.5. The Morgan fingerprint density at radius 3 is 2.22 bits per heavy atom. The maximum atomic E-state index is 12.5. The van der Waals surface area contributed by atoms with Gasteiger partial charge in [0.2, 0.25) is 0 Å². The molecule has 1 aliphatic rings. The molecule has 1 heterocycles. The van der Waals surface area contributed by atoms with E-state index in [0.717, 1.165) is 18.2 Å². The highest BCUT2D eigenvalue weighted by molar-refractivity contribution is 9.09. The number of carbonyl (C=O) groups is 1. The highest BCUT2D eigenvalue weighted by atomic mass is 79.9. The summed E-state index contributed by atoms with van der Waals surface area (Å²) in [6.07, 6.45) is 1.73. The fourth-order valence-corrected chi connectivity index (χ4v) is 4.38. The van der Waals surface area contributed by atoms with Gasteiger partial charge in [-0.1, -0.05) is 36.7 Å². The van der Waals surface area contributed by atoms with Crippen LogP contribution in [0.2, 0.25) is 18.1 Å². The number of carbonyl (C=O) groups excluding carboxylic acids is 1. The van der Waals surface area contributed by atoms with Gasteiger partial charge in [-0.15, -0.1) is 0 Å². The molecule has 0 saturated carbocycles. The number of alkyl halides is 1. The second kappa shape index (κ2) is 7.44. The van der Waals surface area contributed by atoms with E-state index in [1.165, 1.54) is 0 Å².